The van der Waals surface area contributed by atoms with Gasteiger partial charge >= 0.3 is 0 Å². The minimum absolute atomic E-state index is 0.0837. The number of hydrogen-bond acceptors (Lipinski definition) is 2. The van der Waals surface area contributed by atoms with E-state index in [9.17, 15) is 4.79 Å². The summed E-state index contributed by atoms with van der Waals surface area (Å²) in [7, 11) is 0. The van der Waals surface area contributed by atoms with Crippen LogP contribution in [0, 0.1) is 6.92 Å². The average Bonchev–Trinajstić information content (AvgIpc) is 2.75. The Bertz CT molecular complexity index is 614. The molecule has 1 aromatic carbocycles. The van der Waals surface area contributed by atoms with Crippen molar-refractivity contribution in [3.8, 4) is 0 Å². The molecule has 0 aliphatic heterocycles. The SMILES string of the molecule is Cc1ccc(C=CC(=O)c2ccc(Cl)c(Cl)c2)s1. The van der Waals surface area contributed by atoms with Crippen molar-refractivity contribution in [3.05, 3.63) is 61.8 Å². The minimum atomic E-state index is -0.0837. The second-order valence-electron chi connectivity index (χ2n) is 3.77. The molecule has 0 aliphatic carbocycles. The number of benzene rings is 1. The van der Waals surface area contributed by atoms with Gasteiger partial charge in [0.1, 0.15) is 0 Å². The summed E-state index contributed by atoms with van der Waals surface area (Å²) in [5.74, 6) is -0.0837. The highest BCUT2D eigenvalue weighted by atomic mass is 35.5. The molecule has 92 valence electrons. The van der Waals surface area contributed by atoms with Gasteiger partial charge in [0.05, 0.1) is 10.0 Å². The third-order valence-electron chi connectivity index (χ3n) is 2.36. The van der Waals surface area contributed by atoms with Crippen molar-refractivity contribution in [2.45, 2.75) is 6.92 Å². The molecule has 1 aromatic heterocycles. The Labute approximate surface area is 120 Å². The molecular formula is C14H10Cl2OS. The molecule has 0 saturated heterocycles. The quantitative estimate of drug-likeness (QED) is 0.558. The highest BCUT2D eigenvalue weighted by Gasteiger charge is 2.05. The van der Waals surface area contributed by atoms with Gasteiger partial charge in [-0.15, -0.1) is 11.3 Å². The fourth-order valence-corrected chi connectivity index (χ4v) is 2.52. The van der Waals surface area contributed by atoms with E-state index >= 15 is 0 Å². The Morgan fingerprint density at radius 1 is 1.17 bits per heavy atom. The highest BCUT2D eigenvalue weighted by molar-refractivity contribution is 7.12. The lowest BCUT2D eigenvalue weighted by Crippen LogP contribution is -1.93. The number of hydrogen-bond donors (Lipinski definition) is 0. The largest absolute Gasteiger partial charge is 0.289 e. The first-order valence-corrected chi connectivity index (χ1v) is 6.87. The van der Waals surface area contributed by atoms with Crippen LogP contribution in [0.2, 0.25) is 10.0 Å². The van der Waals surface area contributed by atoms with Gasteiger partial charge in [-0.3, -0.25) is 4.79 Å². The molecule has 0 aliphatic rings. The standard InChI is InChI=1S/C14H10Cl2OS/c1-9-2-4-11(18-9)5-7-14(17)10-3-6-12(15)13(16)8-10/h2-8H,1H3. The predicted octanol–water partition coefficient (Wildman–Crippen LogP) is 5.26. The van der Waals surface area contributed by atoms with Crippen LogP contribution in [0.3, 0.4) is 0 Å². The van der Waals surface area contributed by atoms with Crippen molar-refractivity contribution in [2.75, 3.05) is 0 Å². The van der Waals surface area contributed by atoms with Crippen LogP contribution in [0.25, 0.3) is 6.08 Å². The number of rotatable bonds is 3. The van der Waals surface area contributed by atoms with Crippen LogP contribution in [-0.4, -0.2) is 5.78 Å². The summed E-state index contributed by atoms with van der Waals surface area (Å²) in [4.78, 5) is 14.2. The van der Waals surface area contributed by atoms with Crippen molar-refractivity contribution >= 4 is 46.4 Å². The lowest BCUT2D eigenvalue weighted by molar-refractivity contribution is 0.104. The second-order valence-corrected chi connectivity index (χ2v) is 5.91. The van der Waals surface area contributed by atoms with Gasteiger partial charge < -0.3 is 0 Å². The van der Waals surface area contributed by atoms with E-state index in [2.05, 4.69) is 0 Å². The molecule has 0 fully saturated rings. The molecule has 0 spiro atoms. The van der Waals surface area contributed by atoms with E-state index < -0.39 is 0 Å². The summed E-state index contributed by atoms with van der Waals surface area (Å²) in [5.41, 5.74) is 0.536. The molecule has 0 atom stereocenters. The third-order valence-corrected chi connectivity index (χ3v) is 4.07. The summed E-state index contributed by atoms with van der Waals surface area (Å²) in [6, 6.07) is 8.88. The van der Waals surface area contributed by atoms with E-state index in [1.807, 2.05) is 25.1 Å². The minimum Gasteiger partial charge on any atom is -0.289 e. The molecule has 4 heteroatoms. The zero-order valence-electron chi connectivity index (χ0n) is 9.61. The molecule has 0 amide bonds. The summed E-state index contributed by atoms with van der Waals surface area (Å²) < 4.78 is 0. The maximum Gasteiger partial charge on any atom is 0.185 e. The normalized spacial score (nSPS) is 11.1. The molecule has 0 bridgehead atoms. The summed E-state index contributed by atoms with van der Waals surface area (Å²) >= 11 is 13.3. The lowest BCUT2D eigenvalue weighted by Gasteiger charge is -1.98. The molecule has 1 heterocycles. The molecule has 2 aromatic rings. The number of allylic oxidation sites excluding steroid dienone is 1. The number of aryl methyl sites for hydroxylation is 1. The lowest BCUT2D eigenvalue weighted by atomic mass is 10.1. The number of ketones is 1. The van der Waals surface area contributed by atoms with Crippen molar-refractivity contribution in [2.24, 2.45) is 0 Å². The molecule has 0 radical (unpaired) electrons. The molecule has 0 unspecified atom stereocenters. The van der Waals surface area contributed by atoms with E-state index in [4.69, 9.17) is 23.2 Å². The molecular weight excluding hydrogens is 287 g/mol. The number of halogens is 2. The number of carbonyl (C=O) groups is 1. The van der Waals surface area contributed by atoms with Gasteiger partial charge in [0.15, 0.2) is 5.78 Å². The van der Waals surface area contributed by atoms with E-state index in [1.54, 1.807) is 35.6 Å². The summed E-state index contributed by atoms with van der Waals surface area (Å²) in [6.07, 6.45) is 3.35. The fraction of sp³-hybridized carbons (Fsp3) is 0.0714. The van der Waals surface area contributed by atoms with Gasteiger partial charge in [-0.1, -0.05) is 23.2 Å². The van der Waals surface area contributed by atoms with Crippen LogP contribution in [0.1, 0.15) is 20.1 Å². The van der Waals surface area contributed by atoms with Crippen molar-refractivity contribution < 1.29 is 4.79 Å². The summed E-state index contributed by atoms with van der Waals surface area (Å²) in [6.45, 7) is 2.03. The van der Waals surface area contributed by atoms with Crippen molar-refractivity contribution in [3.63, 3.8) is 0 Å². The van der Waals surface area contributed by atoms with E-state index in [-0.39, 0.29) is 5.78 Å². The fourth-order valence-electron chi connectivity index (χ4n) is 1.45. The van der Waals surface area contributed by atoms with Gasteiger partial charge in [0.2, 0.25) is 0 Å². The molecule has 1 nitrogen and oxygen atoms in total. The number of thiophene rings is 1. The van der Waals surface area contributed by atoms with Crippen LogP contribution >= 0.6 is 34.5 Å². The van der Waals surface area contributed by atoms with Gasteiger partial charge in [-0.05, 0) is 49.4 Å². The first-order valence-electron chi connectivity index (χ1n) is 5.30. The van der Waals surface area contributed by atoms with Crippen molar-refractivity contribution in [1.29, 1.82) is 0 Å². The van der Waals surface area contributed by atoms with Crippen LogP contribution < -0.4 is 0 Å². The molecule has 2 rings (SSSR count). The van der Waals surface area contributed by atoms with E-state index in [0.717, 1.165) is 4.88 Å². The zero-order chi connectivity index (χ0) is 13.1. The zero-order valence-corrected chi connectivity index (χ0v) is 11.9. The van der Waals surface area contributed by atoms with Gasteiger partial charge in [-0.2, -0.15) is 0 Å². The predicted molar refractivity (Wildman–Crippen MR) is 78.9 cm³/mol. The maximum absolute atomic E-state index is 11.9. The van der Waals surface area contributed by atoms with Crippen LogP contribution in [0.15, 0.2) is 36.4 Å². The second kappa shape index (κ2) is 5.70. The first-order chi connectivity index (χ1) is 8.56. The van der Waals surface area contributed by atoms with Crippen LogP contribution in [0.5, 0.6) is 0 Å². The molecule has 0 saturated carbocycles. The van der Waals surface area contributed by atoms with E-state index in [0.29, 0.717) is 15.6 Å². The first kappa shape index (κ1) is 13.3. The van der Waals surface area contributed by atoms with Gasteiger partial charge in [0.25, 0.3) is 0 Å². The summed E-state index contributed by atoms with van der Waals surface area (Å²) in [5, 5.41) is 0.842. The third kappa shape index (κ3) is 3.22. The molecule has 0 N–H and O–H groups in total. The smallest absolute Gasteiger partial charge is 0.185 e. The van der Waals surface area contributed by atoms with Crippen LogP contribution in [-0.2, 0) is 0 Å². The van der Waals surface area contributed by atoms with E-state index in [1.165, 1.54) is 4.88 Å². The van der Waals surface area contributed by atoms with Gasteiger partial charge in [-0.25, -0.2) is 0 Å². The number of carbonyl (C=O) groups excluding carboxylic acids is 1. The molecule has 18 heavy (non-hydrogen) atoms. The Balaban J connectivity index is 2.16. The average molecular weight is 297 g/mol. The monoisotopic (exact) mass is 296 g/mol. The van der Waals surface area contributed by atoms with Gasteiger partial charge in [0, 0.05) is 15.3 Å². The van der Waals surface area contributed by atoms with Crippen LogP contribution in [0.4, 0.5) is 0 Å². The Morgan fingerprint density at radius 3 is 2.56 bits per heavy atom. The Hall–Kier alpha value is -1.09. The Kier molecular flexibility index (Phi) is 4.23. The highest BCUT2D eigenvalue weighted by Crippen LogP contribution is 2.23. The van der Waals surface area contributed by atoms with Crippen molar-refractivity contribution in [1.82, 2.24) is 0 Å². The maximum atomic E-state index is 11.9. The Morgan fingerprint density at radius 2 is 1.94 bits per heavy atom. The topological polar surface area (TPSA) is 17.1 Å².